The summed E-state index contributed by atoms with van der Waals surface area (Å²) in [7, 11) is 0. The van der Waals surface area contributed by atoms with Crippen LogP contribution in [-0.2, 0) is 4.79 Å². The topological polar surface area (TPSA) is 140 Å². The fourth-order valence-electron chi connectivity index (χ4n) is 4.48. The molecule has 1 aliphatic rings. The van der Waals surface area contributed by atoms with Gasteiger partial charge in [0.25, 0.3) is 17.7 Å². The maximum atomic E-state index is 13.8. The van der Waals surface area contributed by atoms with Gasteiger partial charge in [0, 0.05) is 37.8 Å². The lowest BCUT2D eigenvalue weighted by molar-refractivity contribution is -0.121. The number of nitrogens with zero attached hydrogens (tertiary/aromatic N) is 4. The highest BCUT2D eigenvalue weighted by molar-refractivity contribution is 6.00. The first-order chi connectivity index (χ1) is 20.1. The summed E-state index contributed by atoms with van der Waals surface area (Å²) >= 11 is 0. The van der Waals surface area contributed by atoms with Gasteiger partial charge in [0.1, 0.15) is 6.61 Å². The number of fused-ring (bicyclic) bond motifs is 1. The molecule has 41 heavy (non-hydrogen) atoms. The standard InChI is InChI=1S/C30H30N6O5/c37-25-14-7-18-36(19-8-16-33-28(38)26-24(13-6-15-32-26)40-20-17-31-25)30(39)23-12-5-4-11-22(23)29-34-27(35-41-29)21-9-2-1-3-10-21/h1-6,9-13,15H,7-8,14,16-20H2,(H,31,37)(H,33,38). The summed E-state index contributed by atoms with van der Waals surface area (Å²) in [6.45, 7) is 1.51. The minimum Gasteiger partial charge on any atom is -0.489 e. The number of amides is 3. The summed E-state index contributed by atoms with van der Waals surface area (Å²) in [5.74, 6) is 0.269. The van der Waals surface area contributed by atoms with Crippen molar-refractivity contribution in [1.82, 2.24) is 30.7 Å². The molecule has 2 aromatic carbocycles. The third-order valence-electron chi connectivity index (χ3n) is 6.52. The highest BCUT2D eigenvalue weighted by Crippen LogP contribution is 2.26. The van der Waals surface area contributed by atoms with E-state index in [4.69, 9.17) is 9.26 Å². The number of nitrogens with one attached hydrogen (secondary N) is 2. The normalized spacial score (nSPS) is 15.3. The second-order valence-electron chi connectivity index (χ2n) is 9.39. The first-order valence-electron chi connectivity index (χ1n) is 13.5. The van der Waals surface area contributed by atoms with E-state index in [2.05, 4.69) is 25.8 Å². The van der Waals surface area contributed by atoms with Gasteiger partial charge in [-0.1, -0.05) is 47.6 Å². The van der Waals surface area contributed by atoms with E-state index in [-0.39, 0.29) is 48.9 Å². The smallest absolute Gasteiger partial charge is 0.273 e. The Balaban J connectivity index is 1.34. The Bertz CT molecular complexity index is 1510. The minimum atomic E-state index is -0.370. The fraction of sp³-hybridized carbons (Fsp3) is 0.267. The second kappa shape index (κ2) is 13.3. The van der Waals surface area contributed by atoms with E-state index in [1.54, 1.807) is 35.2 Å². The average molecular weight is 555 g/mol. The lowest BCUT2D eigenvalue weighted by Gasteiger charge is -2.24. The largest absolute Gasteiger partial charge is 0.489 e. The molecule has 2 aromatic heterocycles. The molecule has 3 heterocycles. The van der Waals surface area contributed by atoms with Gasteiger partial charge in [0.2, 0.25) is 11.7 Å². The van der Waals surface area contributed by atoms with Crippen LogP contribution in [0.5, 0.6) is 5.75 Å². The molecule has 210 valence electrons. The number of hydrogen-bond acceptors (Lipinski definition) is 8. The first-order valence-corrected chi connectivity index (χ1v) is 13.5. The van der Waals surface area contributed by atoms with E-state index in [0.29, 0.717) is 55.2 Å². The summed E-state index contributed by atoms with van der Waals surface area (Å²) in [6, 6.07) is 19.9. The Kier molecular flexibility index (Phi) is 8.95. The number of rotatable bonds is 3. The molecule has 0 unspecified atom stereocenters. The molecule has 2 N–H and O–H groups in total. The molecule has 0 bridgehead atoms. The van der Waals surface area contributed by atoms with Crippen LogP contribution >= 0.6 is 0 Å². The number of benzene rings is 2. The number of aromatic nitrogens is 3. The van der Waals surface area contributed by atoms with Crippen LogP contribution < -0.4 is 15.4 Å². The van der Waals surface area contributed by atoms with Gasteiger partial charge >= 0.3 is 0 Å². The molecule has 11 nitrogen and oxygen atoms in total. The molecule has 4 aromatic rings. The van der Waals surface area contributed by atoms with Crippen LogP contribution in [0, 0.1) is 0 Å². The van der Waals surface area contributed by atoms with Crippen molar-refractivity contribution in [2.45, 2.75) is 19.3 Å². The molecule has 0 saturated heterocycles. The Morgan fingerprint density at radius 1 is 0.878 bits per heavy atom. The van der Waals surface area contributed by atoms with Crippen molar-refractivity contribution < 1.29 is 23.6 Å². The van der Waals surface area contributed by atoms with Gasteiger partial charge < -0.3 is 24.8 Å². The molecular formula is C30H30N6O5. The predicted molar refractivity (Wildman–Crippen MR) is 150 cm³/mol. The van der Waals surface area contributed by atoms with Gasteiger partial charge in [-0.15, -0.1) is 0 Å². The Hall–Kier alpha value is -5.06. The van der Waals surface area contributed by atoms with Crippen LogP contribution in [0.4, 0.5) is 0 Å². The predicted octanol–water partition coefficient (Wildman–Crippen LogP) is 3.35. The fourth-order valence-corrected chi connectivity index (χ4v) is 4.48. The van der Waals surface area contributed by atoms with Crippen molar-refractivity contribution in [3.8, 4) is 28.6 Å². The number of ether oxygens (including phenoxy) is 1. The lowest BCUT2D eigenvalue weighted by atomic mass is 10.1. The molecule has 0 aliphatic carbocycles. The molecule has 0 radical (unpaired) electrons. The SMILES string of the molecule is O=C1CCCN(C(=O)c2ccccc2-c2nc(-c3ccccc3)no2)CCCNC(=O)c2ncccc2OCCN1. The highest BCUT2D eigenvalue weighted by Gasteiger charge is 2.23. The lowest BCUT2D eigenvalue weighted by Crippen LogP contribution is -2.36. The molecule has 0 saturated carbocycles. The number of carbonyl (C=O) groups is 3. The van der Waals surface area contributed by atoms with Gasteiger partial charge in [0.05, 0.1) is 17.7 Å². The van der Waals surface area contributed by atoms with Crippen LogP contribution in [0.1, 0.15) is 40.1 Å². The molecule has 5 rings (SSSR count). The first kappa shape index (κ1) is 27.5. The monoisotopic (exact) mass is 554 g/mol. The molecule has 0 spiro atoms. The summed E-state index contributed by atoms with van der Waals surface area (Å²) in [5.41, 5.74) is 1.90. The van der Waals surface area contributed by atoms with E-state index >= 15 is 0 Å². The van der Waals surface area contributed by atoms with Crippen molar-refractivity contribution in [1.29, 1.82) is 0 Å². The summed E-state index contributed by atoms with van der Waals surface area (Å²) in [4.78, 5) is 49.4. The zero-order valence-electron chi connectivity index (χ0n) is 22.4. The average Bonchev–Trinajstić information content (AvgIpc) is 3.51. The third kappa shape index (κ3) is 6.93. The molecule has 11 heteroatoms. The highest BCUT2D eigenvalue weighted by atomic mass is 16.5. The minimum absolute atomic E-state index is 0.142. The Morgan fingerprint density at radius 3 is 2.56 bits per heavy atom. The van der Waals surface area contributed by atoms with Crippen molar-refractivity contribution in [2.24, 2.45) is 0 Å². The van der Waals surface area contributed by atoms with Gasteiger partial charge in [-0.05, 0) is 37.1 Å². The van der Waals surface area contributed by atoms with Crippen LogP contribution in [0.25, 0.3) is 22.8 Å². The maximum Gasteiger partial charge on any atom is 0.273 e. The zero-order valence-corrected chi connectivity index (χ0v) is 22.4. The molecule has 1 aliphatic heterocycles. The van der Waals surface area contributed by atoms with E-state index in [1.165, 1.54) is 6.20 Å². The van der Waals surface area contributed by atoms with Crippen LogP contribution in [0.2, 0.25) is 0 Å². The van der Waals surface area contributed by atoms with Crippen LogP contribution in [0.3, 0.4) is 0 Å². The quantitative estimate of drug-likeness (QED) is 0.393. The summed E-state index contributed by atoms with van der Waals surface area (Å²) in [5, 5.41) is 9.77. The van der Waals surface area contributed by atoms with Gasteiger partial charge in [-0.3, -0.25) is 14.4 Å². The van der Waals surface area contributed by atoms with E-state index in [1.807, 2.05) is 36.4 Å². The molecule has 3 amide bonds. The Labute approximate surface area is 236 Å². The molecule has 0 fully saturated rings. The van der Waals surface area contributed by atoms with Crippen molar-refractivity contribution in [2.75, 3.05) is 32.8 Å². The number of pyridine rings is 1. The van der Waals surface area contributed by atoms with E-state index in [9.17, 15) is 14.4 Å². The van der Waals surface area contributed by atoms with Crippen LogP contribution in [-0.4, -0.2) is 70.5 Å². The zero-order chi connectivity index (χ0) is 28.4. The summed E-state index contributed by atoms with van der Waals surface area (Å²) < 4.78 is 11.2. The summed E-state index contributed by atoms with van der Waals surface area (Å²) in [6.07, 6.45) is 2.74. The Morgan fingerprint density at radius 2 is 1.68 bits per heavy atom. The number of hydrogen-bond donors (Lipinski definition) is 2. The second-order valence-corrected chi connectivity index (χ2v) is 9.39. The third-order valence-corrected chi connectivity index (χ3v) is 6.52. The van der Waals surface area contributed by atoms with E-state index < -0.39 is 0 Å². The molecular weight excluding hydrogens is 524 g/mol. The maximum absolute atomic E-state index is 13.8. The molecule has 0 atom stereocenters. The van der Waals surface area contributed by atoms with Gasteiger partial charge in [0.15, 0.2) is 11.4 Å². The van der Waals surface area contributed by atoms with Crippen LogP contribution in [0.15, 0.2) is 77.4 Å². The number of carbonyl (C=O) groups excluding carboxylic acids is 3. The van der Waals surface area contributed by atoms with Crippen molar-refractivity contribution in [3.05, 3.63) is 84.2 Å². The van der Waals surface area contributed by atoms with Crippen molar-refractivity contribution >= 4 is 17.7 Å². The van der Waals surface area contributed by atoms with Gasteiger partial charge in [-0.25, -0.2) is 4.98 Å². The van der Waals surface area contributed by atoms with Gasteiger partial charge in [-0.2, -0.15) is 4.98 Å². The van der Waals surface area contributed by atoms with Crippen molar-refractivity contribution in [3.63, 3.8) is 0 Å². The van der Waals surface area contributed by atoms with E-state index in [0.717, 1.165) is 5.56 Å².